The van der Waals surface area contributed by atoms with Gasteiger partial charge in [0.15, 0.2) is 0 Å². The fourth-order valence-corrected chi connectivity index (χ4v) is 7.58. The minimum absolute atomic E-state index is 0.0243. The highest BCUT2D eigenvalue weighted by atomic mass is 16.5. The van der Waals surface area contributed by atoms with E-state index in [1.807, 2.05) is 25.9 Å². The Labute approximate surface area is 188 Å². The molecule has 0 spiro atoms. The largest absolute Gasteiger partial charge is 0.469 e. The third kappa shape index (κ3) is 4.52. The zero-order valence-corrected chi connectivity index (χ0v) is 20.4. The van der Waals surface area contributed by atoms with Crippen molar-refractivity contribution in [2.24, 2.45) is 40.4 Å². The molecule has 0 aliphatic heterocycles. The Morgan fingerprint density at radius 2 is 1.87 bits per heavy atom. The van der Waals surface area contributed by atoms with Crippen LogP contribution in [0.3, 0.4) is 0 Å². The SMILES string of the molecule is COC(=O)[C@@]1(C)CCC[C@]2(C)[C@@H]3CC[C@@H](CC(=O)OCCN(C)C)[C@H](C)[C@H]3[C@@H](O)C[C@H]21. The number of carbonyl (C=O) groups excluding carboxylic acids is 2. The van der Waals surface area contributed by atoms with Crippen molar-refractivity contribution in [1.82, 2.24) is 4.90 Å². The second-order valence-corrected chi connectivity index (χ2v) is 11.2. The molecule has 178 valence electrons. The molecular formula is C25H43NO5. The molecule has 6 heteroatoms. The molecule has 3 rings (SSSR count). The van der Waals surface area contributed by atoms with E-state index in [4.69, 9.17) is 9.47 Å². The Kier molecular flexibility index (Phi) is 7.42. The van der Waals surface area contributed by atoms with Gasteiger partial charge < -0.3 is 19.5 Å². The first-order chi connectivity index (χ1) is 14.5. The van der Waals surface area contributed by atoms with Crippen LogP contribution in [0.1, 0.15) is 65.7 Å². The lowest BCUT2D eigenvalue weighted by Gasteiger charge is -2.63. The number of likely N-dealkylation sites (N-methyl/N-ethyl adjacent to an activating group) is 1. The van der Waals surface area contributed by atoms with Gasteiger partial charge in [-0.05, 0) is 88.1 Å². The van der Waals surface area contributed by atoms with Crippen LogP contribution in [0.25, 0.3) is 0 Å². The fourth-order valence-electron chi connectivity index (χ4n) is 7.58. The molecule has 0 saturated heterocycles. The molecule has 0 heterocycles. The van der Waals surface area contributed by atoms with Crippen molar-refractivity contribution in [3.63, 3.8) is 0 Å². The van der Waals surface area contributed by atoms with Crippen molar-refractivity contribution in [2.75, 3.05) is 34.4 Å². The summed E-state index contributed by atoms with van der Waals surface area (Å²) in [7, 11) is 5.41. The Morgan fingerprint density at radius 1 is 1.16 bits per heavy atom. The van der Waals surface area contributed by atoms with Crippen LogP contribution in [-0.4, -0.2) is 62.4 Å². The Hall–Kier alpha value is -1.14. The van der Waals surface area contributed by atoms with E-state index < -0.39 is 11.5 Å². The molecule has 6 nitrogen and oxygen atoms in total. The van der Waals surface area contributed by atoms with Crippen LogP contribution in [0.2, 0.25) is 0 Å². The summed E-state index contributed by atoms with van der Waals surface area (Å²) in [6.07, 6.45) is 5.59. The number of hydrogen-bond donors (Lipinski definition) is 1. The van der Waals surface area contributed by atoms with E-state index in [-0.39, 0.29) is 41.0 Å². The van der Waals surface area contributed by atoms with Gasteiger partial charge in [0.25, 0.3) is 0 Å². The number of aliphatic hydroxyl groups excluding tert-OH is 1. The summed E-state index contributed by atoms with van der Waals surface area (Å²) in [6, 6.07) is 0. The Morgan fingerprint density at radius 3 is 2.52 bits per heavy atom. The standard InChI is InChI=1S/C25H43NO5/c1-16-17(14-21(28)31-13-12-26(4)5)8-9-18-22(16)19(27)15-20-24(18,2)10-7-11-25(20,3)23(29)30-6/h16-20,22,27H,7-15H2,1-6H3/t16-,17-,18+,19-,20+,22+,24+,25-/m0/s1. The van der Waals surface area contributed by atoms with Gasteiger partial charge in [-0.15, -0.1) is 0 Å². The second kappa shape index (κ2) is 9.38. The van der Waals surface area contributed by atoms with E-state index in [1.54, 1.807) is 0 Å². The summed E-state index contributed by atoms with van der Waals surface area (Å²) in [5.74, 6) is 0.949. The number of ether oxygens (including phenoxy) is 2. The van der Waals surface area contributed by atoms with Crippen LogP contribution in [0.15, 0.2) is 0 Å². The molecule has 3 fully saturated rings. The molecule has 1 N–H and O–H groups in total. The highest BCUT2D eigenvalue weighted by Gasteiger charge is 2.62. The third-order valence-corrected chi connectivity index (χ3v) is 9.29. The van der Waals surface area contributed by atoms with Crippen molar-refractivity contribution in [1.29, 1.82) is 0 Å². The monoisotopic (exact) mass is 437 g/mol. The lowest BCUT2D eigenvalue weighted by Crippen LogP contribution is -2.61. The van der Waals surface area contributed by atoms with Crippen molar-refractivity contribution < 1.29 is 24.2 Å². The van der Waals surface area contributed by atoms with Crippen molar-refractivity contribution in [3.05, 3.63) is 0 Å². The predicted octanol–water partition coefficient (Wildman–Crippen LogP) is 3.51. The molecule has 0 bridgehead atoms. The number of esters is 2. The van der Waals surface area contributed by atoms with Crippen molar-refractivity contribution >= 4 is 11.9 Å². The zero-order valence-electron chi connectivity index (χ0n) is 20.4. The predicted molar refractivity (Wildman–Crippen MR) is 119 cm³/mol. The van der Waals surface area contributed by atoms with Crippen LogP contribution in [0, 0.1) is 40.4 Å². The number of methoxy groups -OCH3 is 1. The molecule has 0 aromatic heterocycles. The van der Waals surface area contributed by atoms with Crippen LogP contribution >= 0.6 is 0 Å². The average Bonchev–Trinajstić information content (AvgIpc) is 2.70. The lowest BCUT2D eigenvalue weighted by molar-refractivity contribution is -0.197. The second-order valence-electron chi connectivity index (χ2n) is 11.2. The van der Waals surface area contributed by atoms with Gasteiger partial charge in [0.1, 0.15) is 6.61 Å². The van der Waals surface area contributed by atoms with E-state index >= 15 is 0 Å². The summed E-state index contributed by atoms with van der Waals surface area (Å²) in [5.41, 5.74) is -0.499. The van der Waals surface area contributed by atoms with Gasteiger partial charge in [-0.2, -0.15) is 0 Å². The van der Waals surface area contributed by atoms with Crippen LogP contribution < -0.4 is 0 Å². The van der Waals surface area contributed by atoms with Crippen molar-refractivity contribution in [2.45, 2.75) is 71.8 Å². The molecule has 3 saturated carbocycles. The summed E-state index contributed by atoms with van der Waals surface area (Å²) in [6.45, 7) is 7.77. The van der Waals surface area contributed by atoms with Crippen molar-refractivity contribution in [3.8, 4) is 0 Å². The fraction of sp³-hybridized carbons (Fsp3) is 0.920. The molecular weight excluding hydrogens is 394 g/mol. The maximum absolute atomic E-state index is 12.8. The molecule has 31 heavy (non-hydrogen) atoms. The van der Waals surface area contributed by atoms with E-state index in [2.05, 4.69) is 13.8 Å². The molecule has 3 aliphatic carbocycles. The van der Waals surface area contributed by atoms with Crippen LogP contribution in [-0.2, 0) is 19.1 Å². The summed E-state index contributed by atoms with van der Waals surface area (Å²) in [4.78, 5) is 27.2. The normalized spacial score (nSPS) is 42.5. The molecule has 0 unspecified atom stereocenters. The van der Waals surface area contributed by atoms with E-state index in [9.17, 15) is 14.7 Å². The smallest absolute Gasteiger partial charge is 0.311 e. The zero-order chi connectivity index (χ0) is 23.0. The number of carbonyl (C=O) groups is 2. The van der Waals surface area contributed by atoms with Crippen LogP contribution in [0.5, 0.6) is 0 Å². The molecule has 0 aromatic carbocycles. The minimum atomic E-state index is -0.524. The molecule has 8 atom stereocenters. The van der Waals surface area contributed by atoms with E-state index in [0.29, 0.717) is 25.4 Å². The minimum Gasteiger partial charge on any atom is -0.469 e. The number of aliphatic hydroxyl groups is 1. The first kappa shape index (κ1) is 24.5. The topological polar surface area (TPSA) is 76.1 Å². The molecule has 0 aromatic rings. The van der Waals surface area contributed by atoms with E-state index in [0.717, 1.165) is 38.6 Å². The Bertz CT molecular complexity index is 666. The lowest BCUT2D eigenvalue weighted by atomic mass is 9.42. The van der Waals surface area contributed by atoms with Gasteiger partial charge in [0.2, 0.25) is 0 Å². The summed E-state index contributed by atoms with van der Waals surface area (Å²) in [5, 5.41) is 11.3. The quantitative estimate of drug-likeness (QED) is 0.641. The molecule has 0 radical (unpaired) electrons. The van der Waals surface area contributed by atoms with Gasteiger partial charge in [-0.1, -0.05) is 20.3 Å². The summed E-state index contributed by atoms with van der Waals surface area (Å²) >= 11 is 0. The van der Waals surface area contributed by atoms with Gasteiger partial charge >= 0.3 is 11.9 Å². The first-order valence-electron chi connectivity index (χ1n) is 12.1. The average molecular weight is 438 g/mol. The van der Waals surface area contributed by atoms with Gasteiger partial charge in [0, 0.05) is 13.0 Å². The number of hydrogen-bond acceptors (Lipinski definition) is 6. The molecule has 3 aliphatic rings. The number of fused-ring (bicyclic) bond motifs is 3. The number of nitrogens with zero attached hydrogens (tertiary/aromatic N) is 1. The van der Waals surface area contributed by atoms with E-state index in [1.165, 1.54) is 7.11 Å². The van der Waals surface area contributed by atoms with Gasteiger partial charge in [-0.25, -0.2) is 0 Å². The maximum atomic E-state index is 12.8. The molecule has 0 amide bonds. The Balaban J connectivity index is 1.73. The third-order valence-electron chi connectivity index (χ3n) is 9.29. The van der Waals surface area contributed by atoms with Gasteiger partial charge in [0.05, 0.1) is 18.6 Å². The van der Waals surface area contributed by atoms with Gasteiger partial charge in [-0.3, -0.25) is 9.59 Å². The highest BCUT2D eigenvalue weighted by molar-refractivity contribution is 5.77. The maximum Gasteiger partial charge on any atom is 0.311 e. The number of rotatable bonds is 6. The van der Waals surface area contributed by atoms with Crippen LogP contribution in [0.4, 0.5) is 0 Å². The summed E-state index contributed by atoms with van der Waals surface area (Å²) < 4.78 is 10.7. The first-order valence-corrected chi connectivity index (χ1v) is 12.1. The highest BCUT2D eigenvalue weighted by Crippen LogP contribution is 2.65.